The minimum absolute atomic E-state index is 0.157. The van der Waals surface area contributed by atoms with Crippen molar-refractivity contribution in [1.29, 1.82) is 0 Å². The Morgan fingerprint density at radius 3 is 2.73 bits per heavy atom. The minimum Gasteiger partial charge on any atom is -0.491 e. The van der Waals surface area contributed by atoms with E-state index in [4.69, 9.17) is 4.74 Å². The van der Waals surface area contributed by atoms with Crippen molar-refractivity contribution in [3.8, 4) is 0 Å². The Balaban J connectivity index is 2.68. The van der Waals surface area contributed by atoms with Gasteiger partial charge in [0.25, 0.3) is 0 Å². The third kappa shape index (κ3) is 2.00. The van der Waals surface area contributed by atoms with Crippen LogP contribution in [0.25, 0.3) is 0 Å². The van der Waals surface area contributed by atoms with E-state index >= 15 is 0 Å². The lowest BCUT2D eigenvalue weighted by molar-refractivity contribution is 0.156. The number of aromatic nitrogens is 3. The molecule has 1 unspecified atom stereocenters. The monoisotopic (exact) mass is 151 g/mol. The molecule has 0 aliphatic rings. The summed E-state index contributed by atoms with van der Waals surface area (Å²) in [6, 6.07) is 0. The second-order valence-electron chi connectivity index (χ2n) is 1.94. The zero-order valence-corrected chi connectivity index (χ0v) is 6.27. The maximum absolute atomic E-state index is 5.04. The summed E-state index contributed by atoms with van der Waals surface area (Å²) in [5.41, 5.74) is 0. The second kappa shape index (κ2) is 3.65. The molecule has 0 N–H and O–H groups in total. The van der Waals surface area contributed by atoms with Crippen LogP contribution in [0, 0.1) is 0 Å². The van der Waals surface area contributed by atoms with Crippen molar-refractivity contribution in [3.05, 3.63) is 31.3 Å². The molecule has 0 bridgehead atoms. The summed E-state index contributed by atoms with van der Waals surface area (Å²) >= 11 is 0. The molecule has 0 aromatic carbocycles. The first-order valence-corrected chi connectivity index (χ1v) is 3.23. The van der Waals surface area contributed by atoms with Gasteiger partial charge in [0.05, 0.1) is 6.26 Å². The van der Waals surface area contributed by atoms with Crippen LogP contribution in [-0.4, -0.2) is 15.0 Å². The third-order valence-electron chi connectivity index (χ3n) is 1.18. The first kappa shape index (κ1) is 7.65. The first-order chi connectivity index (χ1) is 5.34. The van der Waals surface area contributed by atoms with Crippen LogP contribution in [0.3, 0.4) is 0 Å². The average Bonchev–Trinajstić information content (AvgIpc) is 2.07. The molecule has 1 heterocycles. The molecule has 11 heavy (non-hydrogen) atoms. The van der Waals surface area contributed by atoms with Crippen LogP contribution in [0.4, 0.5) is 0 Å². The fourth-order valence-corrected chi connectivity index (χ4v) is 0.663. The van der Waals surface area contributed by atoms with E-state index in [0.717, 1.165) is 0 Å². The molecule has 0 spiro atoms. The maximum Gasteiger partial charge on any atom is 0.172 e. The highest BCUT2D eigenvalue weighted by molar-refractivity contribution is 4.86. The molecule has 0 saturated carbocycles. The normalized spacial score (nSPS) is 12.1. The number of hydrogen-bond acceptors (Lipinski definition) is 4. The van der Waals surface area contributed by atoms with Gasteiger partial charge in [0.2, 0.25) is 0 Å². The van der Waals surface area contributed by atoms with Crippen molar-refractivity contribution in [2.75, 3.05) is 0 Å². The molecule has 4 nitrogen and oxygen atoms in total. The summed E-state index contributed by atoms with van der Waals surface area (Å²) in [5, 5.41) is 0. The SMILES string of the molecule is C=COC(C)c1ncncn1. The van der Waals surface area contributed by atoms with Crippen LogP contribution in [0.2, 0.25) is 0 Å². The quantitative estimate of drug-likeness (QED) is 0.607. The van der Waals surface area contributed by atoms with Gasteiger partial charge in [-0.05, 0) is 6.92 Å². The zero-order valence-electron chi connectivity index (χ0n) is 6.27. The topological polar surface area (TPSA) is 47.9 Å². The van der Waals surface area contributed by atoms with E-state index in [9.17, 15) is 0 Å². The zero-order chi connectivity index (χ0) is 8.10. The van der Waals surface area contributed by atoms with E-state index in [0.29, 0.717) is 5.82 Å². The third-order valence-corrected chi connectivity index (χ3v) is 1.18. The first-order valence-electron chi connectivity index (χ1n) is 3.23. The van der Waals surface area contributed by atoms with Crippen LogP contribution < -0.4 is 0 Å². The lowest BCUT2D eigenvalue weighted by Crippen LogP contribution is -2.01. The van der Waals surface area contributed by atoms with E-state index in [-0.39, 0.29) is 6.10 Å². The molecule has 4 heteroatoms. The molecule has 1 aromatic heterocycles. The van der Waals surface area contributed by atoms with Gasteiger partial charge in [-0.1, -0.05) is 6.58 Å². The summed E-state index contributed by atoms with van der Waals surface area (Å²) in [5.74, 6) is 0.611. The van der Waals surface area contributed by atoms with Gasteiger partial charge in [-0.3, -0.25) is 0 Å². The van der Waals surface area contributed by atoms with E-state index in [1.807, 2.05) is 6.92 Å². The van der Waals surface area contributed by atoms with E-state index in [1.54, 1.807) is 0 Å². The van der Waals surface area contributed by atoms with Gasteiger partial charge in [-0.15, -0.1) is 0 Å². The summed E-state index contributed by atoms with van der Waals surface area (Å²) in [6.07, 6.45) is 4.08. The lowest BCUT2D eigenvalue weighted by atomic mass is 10.4. The molecule has 1 aromatic rings. The number of rotatable bonds is 3. The molecule has 0 radical (unpaired) electrons. The molecular formula is C7H9N3O. The molecule has 0 aliphatic carbocycles. The van der Waals surface area contributed by atoms with Gasteiger partial charge < -0.3 is 4.74 Å². The Morgan fingerprint density at radius 1 is 1.55 bits per heavy atom. The molecule has 0 saturated heterocycles. The predicted molar refractivity (Wildman–Crippen MR) is 39.5 cm³/mol. The highest BCUT2D eigenvalue weighted by Crippen LogP contribution is 2.09. The van der Waals surface area contributed by atoms with E-state index < -0.39 is 0 Å². The van der Waals surface area contributed by atoms with Gasteiger partial charge in [0.15, 0.2) is 11.9 Å². The molecule has 0 amide bonds. The molecule has 1 rings (SSSR count). The molecule has 0 fully saturated rings. The summed E-state index contributed by atoms with van der Waals surface area (Å²) in [4.78, 5) is 11.5. The summed E-state index contributed by atoms with van der Waals surface area (Å²) < 4.78 is 5.04. The Morgan fingerprint density at radius 2 is 2.18 bits per heavy atom. The maximum atomic E-state index is 5.04. The molecule has 0 aliphatic heterocycles. The van der Waals surface area contributed by atoms with Crippen molar-refractivity contribution in [3.63, 3.8) is 0 Å². The molecule has 58 valence electrons. The van der Waals surface area contributed by atoms with Crippen molar-refractivity contribution in [2.24, 2.45) is 0 Å². The lowest BCUT2D eigenvalue weighted by Gasteiger charge is -2.07. The van der Waals surface area contributed by atoms with Crippen LogP contribution in [0.5, 0.6) is 0 Å². The number of nitrogens with zero attached hydrogens (tertiary/aromatic N) is 3. The van der Waals surface area contributed by atoms with Gasteiger partial charge in [0.1, 0.15) is 12.7 Å². The Kier molecular flexibility index (Phi) is 2.54. The van der Waals surface area contributed by atoms with E-state index in [2.05, 4.69) is 21.5 Å². The average molecular weight is 151 g/mol. The van der Waals surface area contributed by atoms with Gasteiger partial charge in [-0.2, -0.15) is 0 Å². The summed E-state index contributed by atoms with van der Waals surface area (Å²) in [7, 11) is 0. The van der Waals surface area contributed by atoms with E-state index in [1.165, 1.54) is 18.9 Å². The van der Waals surface area contributed by atoms with Gasteiger partial charge in [-0.25, -0.2) is 15.0 Å². The fraction of sp³-hybridized carbons (Fsp3) is 0.286. The number of hydrogen-bond donors (Lipinski definition) is 0. The Labute approximate surface area is 65.0 Å². The molecular weight excluding hydrogens is 142 g/mol. The molecule has 1 atom stereocenters. The van der Waals surface area contributed by atoms with Crippen molar-refractivity contribution < 1.29 is 4.74 Å². The van der Waals surface area contributed by atoms with Crippen LogP contribution in [0.15, 0.2) is 25.5 Å². The van der Waals surface area contributed by atoms with Crippen LogP contribution in [0.1, 0.15) is 18.9 Å². The standard InChI is InChI=1S/C7H9N3O/c1-3-11-6(2)7-9-4-8-5-10-7/h3-6H,1H2,2H3. The Bertz CT molecular complexity index is 224. The van der Waals surface area contributed by atoms with Crippen LogP contribution >= 0.6 is 0 Å². The fourth-order valence-electron chi connectivity index (χ4n) is 0.663. The Hall–Kier alpha value is -1.45. The smallest absolute Gasteiger partial charge is 0.172 e. The number of ether oxygens (including phenoxy) is 1. The second-order valence-corrected chi connectivity index (χ2v) is 1.94. The van der Waals surface area contributed by atoms with Gasteiger partial charge >= 0.3 is 0 Å². The van der Waals surface area contributed by atoms with Crippen LogP contribution in [-0.2, 0) is 4.74 Å². The van der Waals surface area contributed by atoms with Crippen molar-refractivity contribution >= 4 is 0 Å². The summed E-state index contributed by atoms with van der Waals surface area (Å²) in [6.45, 7) is 5.28. The highest BCUT2D eigenvalue weighted by atomic mass is 16.5. The van der Waals surface area contributed by atoms with Gasteiger partial charge in [0, 0.05) is 0 Å². The highest BCUT2D eigenvalue weighted by Gasteiger charge is 2.05. The minimum atomic E-state index is -0.157. The largest absolute Gasteiger partial charge is 0.491 e. The predicted octanol–water partition coefficient (Wildman–Crippen LogP) is 1.09. The van der Waals surface area contributed by atoms with Crippen molar-refractivity contribution in [2.45, 2.75) is 13.0 Å². The van der Waals surface area contributed by atoms with Crippen molar-refractivity contribution in [1.82, 2.24) is 15.0 Å².